The van der Waals surface area contributed by atoms with Crippen molar-refractivity contribution in [1.29, 1.82) is 0 Å². The number of methoxy groups -OCH3 is 1. The van der Waals surface area contributed by atoms with E-state index in [2.05, 4.69) is 0 Å². The lowest BCUT2D eigenvalue weighted by molar-refractivity contribution is -0.140. The largest absolute Gasteiger partial charge is 0.507 e. The van der Waals surface area contributed by atoms with E-state index >= 15 is 0 Å². The van der Waals surface area contributed by atoms with Crippen molar-refractivity contribution in [3.63, 3.8) is 0 Å². The quantitative estimate of drug-likeness (QED) is 0.444. The average Bonchev–Trinajstić information content (AvgIpc) is 3.36. The van der Waals surface area contributed by atoms with Crippen LogP contribution in [0.4, 0.5) is 0 Å². The van der Waals surface area contributed by atoms with Crippen LogP contribution < -0.4 is 4.74 Å². The van der Waals surface area contributed by atoms with Crippen molar-refractivity contribution in [3.8, 4) is 5.75 Å². The normalized spacial score (nSPS) is 23.2. The number of ketones is 1. The first-order valence-corrected chi connectivity index (χ1v) is 10.2. The molecule has 2 fully saturated rings. The van der Waals surface area contributed by atoms with E-state index in [9.17, 15) is 14.7 Å². The van der Waals surface area contributed by atoms with Gasteiger partial charge in [-0.15, -0.1) is 0 Å². The van der Waals surface area contributed by atoms with Gasteiger partial charge in [0.2, 0.25) is 0 Å². The second kappa shape index (κ2) is 8.50. The number of benzene rings is 2. The van der Waals surface area contributed by atoms with Gasteiger partial charge in [0, 0.05) is 23.7 Å². The summed E-state index contributed by atoms with van der Waals surface area (Å²) in [5.41, 5.74) is 1.20. The second-order valence-corrected chi connectivity index (χ2v) is 7.80. The molecular weight excluding hydrogens is 406 g/mol. The van der Waals surface area contributed by atoms with Crippen molar-refractivity contribution in [2.75, 3.05) is 20.3 Å². The Morgan fingerprint density at radius 1 is 1.17 bits per heavy atom. The average molecular weight is 428 g/mol. The molecule has 6 nitrogen and oxygen atoms in total. The highest BCUT2D eigenvalue weighted by molar-refractivity contribution is 6.46. The van der Waals surface area contributed by atoms with Gasteiger partial charge in [0.1, 0.15) is 11.5 Å². The monoisotopic (exact) mass is 427 g/mol. The molecule has 2 atom stereocenters. The molecule has 2 saturated heterocycles. The third kappa shape index (κ3) is 3.80. The molecule has 0 saturated carbocycles. The lowest BCUT2D eigenvalue weighted by Crippen LogP contribution is -2.36. The molecule has 0 aromatic heterocycles. The number of Topliss-reactive ketones (excluding diaryl/α,β-unsaturated/α-hetero) is 1. The number of hydrogen-bond donors (Lipinski definition) is 1. The minimum Gasteiger partial charge on any atom is -0.507 e. The van der Waals surface area contributed by atoms with E-state index in [0.29, 0.717) is 28.5 Å². The predicted octanol–water partition coefficient (Wildman–Crippen LogP) is 3.95. The highest BCUT2D eigenvalue weighted by Gasteiger charge is 2.47. The molecule has 0 radical (unpaired) electrons. The lowest BCUT2D eigenvalue weighted by Gasteiger charge is -2.27. The van der Waals surface area contributed by atoms with Crippen LogP contribution in [0.5, 0.6) is 5.75 Å². The smallest absolute Gasteiger partial charge is 0.295 e. The zero-order valence-corrected chi connectivity index (χ0v) is 17.3. The van der Waals surface area contributed by atoms with E-state index in [1.807, 2.05) is 0 Å². The highest BCUT2D eigenvalue weighted by atomic mass is 35.5. The fourth-order valence-corrected chi connectivity index (χ4v) is 4.10. The topological polar surface area (TPSA) is 76.1 Å². The molecule has 2 aliphatic heterocycles. The number of amides is 1. The molecular formula is C23H22ClNO5. The number of ether oxygens (including phenoxy) is 2. The van der Waals surface area contributed by atoms with Crippen LogP contribution in [0.1, 0.15) is 30.0 Å². The summed E-state index contributed by atoms with van der Waals surface area (Å²) in [7, 11) is 1.55. The maximum atomic E-state index is 13.0. The minimum absolute atomic E-state index is 0.0606. The van der Waals surface area contributed by atoms with E-state index in [1.54, 1.807) is 55.6 Å². The van der Waals surface area contributed by atoms with Crippen LogP contribution in [-0.2, 0) is 14.3 Å². The molecule has 4 rings (SSSR count). The van der Waals surface area contributed by atoms with Crippen molar-refractivity contribution in [2.24, 2.45) is 0 Å². The molecule has 1 amide bonds. The number of hydrogen-bond acceptors (Lipinski definition) is 5. The highest BCUT2D eigenvalue weighted by Crippen LogP contribution is 2.40. The number of nitrogens with zero attached hydrogens (tertiary/aromatic N) is 1. The Bertz CT molecular complexity index is 978. The van der Waals surface area contributed by atoms with Crippen molar-refractivity contribution >= 4 is 29.1 Å². The number of carbonyl (C=O) groups is 2. The SMILES string of the molecule is COc1ccc(/C(O)=C2\C(=O)C(=O)N(C[C@@H]3CCCO3)[C@H]2c2ccc(Cl)cc2)cc1. The Kier molecular flexibility index (Phi) is 5.79. The molecule has 156 valence electrons. The van der Waals surface area contributed by atoms with E-state index in [4.69, 9.17) is 21.1 Å². The maximum absolute atomic E-state index is 13.0. The van der Waals surface area contributed by atoms with Gasteiger partial charge in [-0.25, -0.2) is 0 Å². The van der Waals surface area contributed by atoms with Crippen molar-refractivity contribution in [1.82, 2.24) is 4.90 Å². The molecule has 0 spiro atoms. The summed E-state index contributed by atoms with van der Waals surface area (Å²) >= 11 is 6.03. The molecule has 0 aliphatic carbocycles. The summed E-state index contributed by atoms with van der Waals surface area (Å²) in [6.07, 6.45) is 1.62. The number of likely N-dealkylation sites (tertiary alicyclic amines) is 1. The number of aliphatic hydroxyl groups is 1. The molecule has 0 unspecified atom stereocenters. The van der Waals surface area contributed by atoms with Gasteiger partial charge in [-0.2, -0.15) is 0 Å². The van der Waals surface area contributed by atoms with Crippen LogP contribution in [0.2, 0.25) is 5.02 Å². The molecule has 2 aliphatic rings. The van der Waals surface area contributed by atoms with Crippen LogP contribution in [0.25, 0.3) is 5.76 Å². The summed E-state index contributed by atoms with van der Waals surface area (Å²) in [5.74, 6) is -0.938. The standard InChI is InChI=1S/C23H22ClNO5/c1-29-17-10-6-15(7-11-17)21(26)19-20(14-4-8-16(24)9-5-14)25(23(28)22(19)27)13-18-3-2-12-30-18/h4-11,18,20,26H,2-3,12-13H2,1H3/b21-19+/t18-,20-/m0/s1. The summed E-state index contributed by atoms with van der Waals surface area (Å²) in [4.78, 5) is 27.4. The van der Waals surface area contributed by atoms with Gasteiger partial charge in [0.15, 0.2) is 0 Å². The molecule has 1 N–H and O–H groups in total. The minimum atomic E-state index is -0.714. The number of carbonyl (C=O) groups excluding carboxylic acids is 2. The molecule has 0 bridgehead atoms. The van der Waals surface area contributed by atoms with Crippen LogP contribution in [0.3, 0.4) is 0 Å². The maximum Gasteiger partial charge on any atom is 0.295 e. The van der Waals surface area contributed by atoms with Crippen LogP contribution in [-0.4, -0.2) is 48.1 Å². The lowest BCUT2D eigenvalue weighted by atomic mass is 9.95. The van der Waals surface area contributed by atoms with E-state index in [0.717, 1.165) is 12.8 Å². The zero-order chi connectivity index (χ0) is 21.3. The first kappa shape index (κ1) is 20.4. The first-order valence-electron chi connectivity index (χ1n) is 9.79. The van der Waals surface area contributed by atoms with Gasteiger partial charge in [-0.1, -0.05) is 23.7 Å². The Morgan fingerprint density at radius 2 is 1.87 bits per heavy atom. The fraction of sp³-hybridized carbons (Fsp3) is 0.304. The number of halogens is 1. The summed E-state index contributed by atoms with van der Waals surface area (Å²) in [6.45, 7) is 0.934. The van der Waals surface area contributed by atoms with Gasteiger partial charge in [-0.3, -0.25) is 9.59 Å². The molecule has 2 aromatic carbocycles. The van der Waals surface area contributed by atoms with E-state index in [1.165, 1.54) is 4.90 Å². The summed E-state index contributed by atoms with van der Waals surface area (Å²) < 4.78 is 10.8. The van der Waals surface area contributed by atoms with Crippen LogP contribution in [0, 0.1) is 0 Å². The molecule has 2 aromatic rings. The molecule has 2 heterocycles. The first-order chi connectivity index (χ1) is 14.5. The van der Waals surface area contributed by atoms with Crippen molar-refractivity contribution in [3.05, 3.63) is 70.3 Å². The van der Waals surface area contributed by atoms with Crippen molar-refractivity contribution < 1.29 is 24.2 Å². The zero-order valence-electron chi connectivity index (χ0n) is 16.5. The number of aliphatic hydroxyl groups excluding tert-OH is 1. The van der Waals surface area contributed by atoms with Gasteiger partial charge in [0.05, 0.1) is 24.8 Å². The predicted molar refractivity (Wildman–Crippen MR) is 112 cm³/mol. The molecule has 7 heteroatoms. The van der Waals surface area contributed by atoms with Crippen LogP contribution >= 0.6 is 11.6 Å². The second-order valence-electron chi connectivity index (χ2n) is 7.37. The van der Waals surface area contributed by atoms with Gasteiger partial charge in [0.25, 0.3) is 11.7 Å². The van der Waals surface area contributed by atoms with E-state index < -0.39 is 17.7 Å². The van der Waals surface area contributed by atoms with E-state index in [-0.39, 0.29) is 24.0 Å². The van der Waals surface area contributed by atoms with Gasteiger partial charge in [-0.05, 0) is 54.8 Å². The third-order valence-corrected chi connectivity index (χ3v) is 5.77. The van der Waals surface area contributed by atoms with Crippen molar-refractivity contribution in [2.45, 2.75) is 25.0 Å². The fourth-order valence-electron chi connectivity index (χ4n) is 3.97. The summed E-state index contributed by atoms with van der Waals surface area (Å²) in [6, 6.07) is 12.9. The Balaban J connectivity index is 1.80. The molecule has 30 heavy (non-hydrogen) atoms. The summed E-state index contributed by atoms with van der Waals surface area (Å²) in [5, 5.41) is 11.6. The Morgan fingerprint density at radius 3 is 2.47 bits per heavy atom. The van der Waals surface area contributed by atoms with Gasteiger partial charge < -0.3 is 19.5 Å². The van der Waals surface area contributed by atoms with Gasteiger partial charge >= 0.3 is 0 Å². The number of rotatable bonds is 5. The third-order valence-electron chi connectivity index (χ3n) is 5.51. The Labute approximate surface area is 179 Å². The van der Waals surface area contributed by atoms with Crippen LogP contribution in [0.15, 0.2) is 54.1 Å². The Hall–Kier alpha value is -2.83.